The van der Waals surface area contributed by atoms with E-state index in [2.05, 4.69) is 33.9 Å². The number of carboxylic acid groups (broad SMARTS) is 1. The molecule has 4 unspecified atom stereocenters. The van der Waals surface area contributed by atoms with E-state index in [0.29, 0.717) is 13.1 Å². The van der Waals surface area contributed by atoms with Crippen molar-refractivity contribution < 1.29 is 29.3 Å². The maximum atomic E-state index is 12.1. The highest BCUT2D eigenvalue weighted by atomic mass is 16.7. The SMILES string of the molecule is CC1C(Cn2cnc3ccccc32)OC(c2cccc(-c3cccc(CNC(=O)CCC(=O)O)c3)c2)OC1c1ccc(CO)cc1. The van der Waals surface area contributed by atoms with Crippen LogP contribution in [-0.4, -0.2) is 37.7 Å². The second-order valence-electron chi connectivity index (χ2n) is 11.7. The van der Waals surface area contributed by atoms with Crippen molar-refractivity contribution >= 4 is 22.9 Å². The number of aliphatic hydroxyl groups is 1. The summed E-state index contributed by atoms with van der Waals surface area (Å²) in [5.74, 6) is -1.28. The molecule has 1 amide bonds. The third kappa shape index (κ3) is 7.18. The number of benzene rings is 4. The van der Waals surface area contributed by atoms with Gasteiger partial charge in [0.25, 0.3) is 0 Å². The molecule has 236 valence electrons. The monoisotopic (exact) mass is 619 g/mol. The predicted octanol–water partition coefficient (Wildman–Crippen LogP) is 6.17. The van der Waals surface area contributed by atoms with E-state index in [1.54, 1.807) is 0 Å². The number of aromatic nitrogens is 2. The smallest absolute Gasteiger partial charge is 0.303 e. The zero-order chi connectivity index (χ0) is 32.0. The lowest BCUT2D eigenvalue weighted by atomic mass is 9.90. The number of aliphatic carboxylic acids is 1. The minimum atomic E-state index is -0.995. The quantitative estimate of drug-likeness (QED) is 0.162. The summed E-state index contributed by atoms with van der Waals surface area (Å²) in [5, 5.41) is 21.2. The second kappa shape index (κ2) is 14.1. The van der Waals surface area contributed by atoms with E-state index in [4.69, 9.17) is 14.6 Å². The number of carboxylic acids is 1. The molecular formula is C37H37N3O6. The number of carbonyl (C=O) groups is 2. The topological polar surface area (TPSA) is 123 Å². The number of hydrogen-bond donors (Lipinski definition) is 3. The summed E-state index contributed by atoms with van der Waals surface area (Å²) in [7, 11) is 0. The van der Waals surface area contributed by atoms with Crippen LogP contribution in [0.5, 0.6) is 0 Å². The molecule has 4 aromatic carbocycles. The maximum Gasteiger partial charge on any atom is 0.303 e. The van der Waals surface area contributed by atoms with Crippen molar-refractivity contribution in [1.82, 2.24) is 14.9 Å². The summed E-state index contributed by atoms with van der Waals surface area (Å²) in [6, 6.07) is 31.9. The Balaban J connectivity index is 1.25. The zero-order valence-corrected chi connectivity index (χ0v) is 25.6. The number of carbonyl (C=O) groups excluding carboxylic acids is 1. The van der Waals surface area contributed by atoms with Gasteiger partial charge in [-0.15, -0.1) is 0 Å². The predicted molar refractivity (Wildman–Crippen MR) is 173 cm³/mol. The molecule has 3 N–H and O–H groups in total. The Morgan fingerprint density at radius 3 is 2.39 bits per heavy atom. The third-order valence-electron chi connectivity index (χ3n) is 8.50. The maximum absolute atomic E-state index is 12.1. The molecule has 0 bridgehead atoms. The highest BCUT2D eigenvalue weighted by Gasteiger charge is 2.38. The van der Waals surface area contributed by atoms with Crippen LogP contribution in [0, 0.1) is 5.92 Å². The Kier molecular flexibility index (Phi) is 9.54. The standard InChI is InChI=1S/C37H37N3O6/c1-24-33(21-40-23-39-31-10-2-3-11-32(31)40)45-37(46-36(24)27-14-12-25(22-41)13-15-27)30-9-5-8-29(19-30)28-7-4-6-26(18-28)20-38-34(42)16-17-35(43)44/h2-15,18-19,23-24,33,36-37,41H,16-17,20-22H2,1H3,(H,38,42)(H,43,44). The molecule has 1 fully saturated rings. The number of amides is 1. The lowest BCUT2D eigenvalue weighted by molar-refractivity contribution is -0.276. The van der Waals surface area contributed by atoms with E-state index >= 15 is 0 Å². The Bertz CT molecular complexity index is 1820. The van der Waals surface area contributed by atoms with Gasteiger partial charge < -0.3 is 29.6 Å². The van der Waals surface area contributed by atoms with Gasteiger partial charge in [0.2, 0.25) is 5.91 Å². The van der Waals surface area contributed by atoms with Gasteiger partial charge in [0, 0.05) is 24.4 Å². The van der Waals surface area contributed by atoms with Crippen molar-refractivity contribution in [3.63, 3.8) is 0 Å². The fourth-order valence-corrected chi connectivity index (χ4v) is 5.91. The number of imidazole rings is 1. The number of ether oxygens (including phenoxy) is 2. The number of nitrogens with zero attached hydrogens (tertiary/aromatic N) is 2. The first-order chi connectivity index (χ1) is 22.4. The third-order valence-corrected chi connectivity index (χ3v) is 8.50. The fourth-order valence-electron chi connectivity index (χ4n) is 5.91. The van der Waals surface area contributed by atoms with E-state index in [-0.39, 0.29) is 43.5 Å². The van der Waals surface area contributed by atoms with Crippen molar-refractivity contribution in [1.29, 1.82) is 0 Å². The number of rotatable bonds is 11. The van der Waals surface area contributed by atoms with Gasteiger partial charge in [-0.25, -0.2) is 4.98 Å². The number of para-hydroxylation sites is 2. The van der Waals surface area contributed by atoms with Crippen LogP contribution >= 0.6 is 0 Å². The number of fused-ring (bicyclic) bond motifs is 1. The molecule has 9 heteroatoms. The molecule has 0 spiro atoms. The molecule has 5 aromatic rings. The van der Waals surface area contributed by atoms with Crippen molar-refractivity contribution in [3.8, 4) is 11.1 Å². The van der Waals surface area contributed by atoms with E-state index in [1.165, 1.54) is 0 Å². The Hall–Kier alpha value is -4.83. The van der Waals surface area contributed by atoms with E-state index in [0.717, 1.165) is 44.4 Å². The summed E-state index contributed by atoms with van der Waals surface area (Å²) < 4.78 is 15.6. The molecule has 0 radical (unpaired) electrons. The first kappa shape index (κ1) is 31.2. The van der Waals surface area contributed by atoms with E-state index < -0.39 is 12.3 Å². The van der Waals surface area contributed by atoms with Crippen molar-refractivity contribution in [2.24, 2.45) is 5.92 Å². The molecule has 1 aliphatic rings. The highest BCUT2D eigenvalue weighted by molar-refractivity contribution is 5.80. The molecule has 6 rings (SSSR count). The molecule has 46 heavy (non-hydrogen) atoms. The molecule has 4 atom stereocenters. The minimum absolute atomic E-state index is 0.0166. The molecular weight excluding hydrogens is 582 g/mol. The van der Waals surface area contributed by atoms with Crippen LogP contribution in [0.25, 0.3) is 22.2 Å². The average molecular weight is 620 g/mol. The van der Waals surface area contributed by atoms with Gasteiger partial charge >= 0.3 is 5.97 Å². The number of nitrogens with one attached hydrogen (secondary N) is 1. The largest absolute Gasteiger partial charge is 0.481 e. The summed E-state index contributed by atoms with van der Waals surface area (Å²) in [5.41, 5.74) is 7.59. The van der Waals surface area contributed by atoms with Gasteiger partial charge in [0.05, 0.1) is 49.1 Å². The fraction of sp³-hybridized carbons (Fsp3) is 0.270. The first-order valence-electron chi connectivity index (χ1n) is 15.5. The van der Waals surface area contributed by atoms with Crippen LogP contribution in [0.3, 0.4) is 0 Å². The highest BCUT2D eigenvalue weighted by Crippen LogP contribution is 2.43. The van der Waals surface area contributed by atoms with Crippen molar-refractivity contribution in [3.05, 3.63) is 126 Å². The Morgan fingerprint density at radius 1 is 0.848 bits per heavy atom. The molecule has 9 nitrogen and oxygen atoms in total. The van der Waals surface area contributed by atoms with Crippen molar-refractivity contribution in [2.45, 2.75) is 58.0 Å². The van der Waals surface area contributed by atoms with Crippen LogP contribution in [0.2, 0.25) is 0 Å². The van der Waals surface area contributed by atoms with Gasteiger partial charge in [-0.1, -0.05) is 79.7 Å². The molecule has 1 aliphatic heterocycles. The Morgan fingerprint density at radius 2 is 1.61 bits per heavy atom. The van der Waals surface area contributed by atoms with Crippen LogP contribution in [0.15, 0.2) is 103 Å². The lowest BCUT2D eigenvalue weighted by Crippen LogP contribution is -2.39. The van der Waals surface area contributed by atoms with Gasteiger partial charge in [-0.2, -0.15) is 0 Å². The molecule has 0 aliphatic carbocycles. The van der Waals surface area contributed by atoms with Gasteiger partial charge in [0.1, 0.15) is 0 Å². The second-order valence-corrected chi connectivity index (χ2v) is 11.7. The van der Waals surface area contributed by atoms with E-state index in [1.807, 2.05) is 91.3 Å². The first-order valence-corrected chi connectivity index (χ1v) is 15.5. The van der Waals surface area contributed by atoms with Crippen molar-refractivity contribution in [2.75, 3.05) is 0 Å². The van der Waals surface area contributed by atoms with Crippen LogP contribution in [0.1, 0.15) is 54.4 Å². The number of aliphatic hydroxyl groups excluding tert-OH is 1. The summed E-state index contributed by atoms with van der Waals surface area (Å²) >= 11 is 0. The molecule has 1 aromatic heterocycles. The van der Waals surface area contributed by atoms with Gasteiger partial charge in [0.15, 0.2) is 6.29 Å². The van der Waals surface area contributed by atoms with Crippen LogP contribution in [-0.2, 0) is 38.8 Å². The number of hydrogen-bond acceptors (Lipinski definition) is 6. The zero-order valence-electron chi connectivity index (χ0n) is 25.6. The average Bonchev–Trinajstić information content (AvgIpc) is 3.50. The van der Waals surface area contributed by atoms with E-state index in [9.17, 15) is 14.7 Å². The summed E-state index contributed by atoms with van der Waals surface area (Å²) in [6.45, 7) is 3.04. The summed E-state index contributed by atoms with van der Waals surface area (Å²) in [4.78, 5) is 27.4. The summed E-state index contributed by atoms with van der Waals surface area (Å²) in [6.07, 6.45) is 0.547. The minimum Gasteiger partial charge on any atom is -0.481 e. The molecule has 0 saturated carbocycles. The van der Waals surface area contributed by atoms with Crippen LogP contribution in [0.4, 0.5) is 0 Å². The lowest BCUT2D eigenvalue weighted by Gasteiger charge is -2.41. The van der Waals surface area contributed by atoms with Gasteiger partial charge in [-0.05, 0) is 52.1 Å². The van der Waals surface area contributed by atoms with Gasteiger partial charge in [-0.3, -0.25) is 9.59 Å². The Labute approximate surface area is 267 Å². The molecule has 1 saturated heterocycles. The normalized spacial score (nSPS) is 19.6. The van der Waals surface area contributed by atoms with Crippen LogP contribution < -0.4 is 5.32 Å². The molecule has 2 heterocycles.